The zero-order chi connectivity index (χ0) is 13.4. The van der Waals surface area contributed by atoms with Crippen molar-refractivity contribution in [3.05, 3.63) is 41.6 Å². The van der Waals surface area contributed by atoms with E-state index in [1.165, 1.54) is 7.11 Å². The van der Waals surface area contributed by atoms with Gasteiger partial charge in [-0.05, 0) is 31.7 Å². The molecule has 0 aliphatic carbocycles. The molecule has 0 aliphatic heterocycles. The molecule has 3 nitrogen and oxygen atoms in total. The Hall–Kier alpha value is -1.61. The van der Waals surface area contributed by atoms with Crippen LogP contribution in [0.15, 0.2) is 30.5 Å². The fourth-order valence-corrected chi connectivity index (χ4v) is 1.73. The number of Topliss-reactive ketones (excluding diaryl/α,β-unsaturated/α-hetero) is 1. The van der Waals surface area contributed by atoms with Gasteiger partial charge >= 0.3 is 0 Å². The number of carbonyl (C=O) groups is 1. The van der Waals surface area contributed by atoms with Gasteiger partial charge in [0.2, 0.25) is 0 Å². The molecule has 0 saturated carbocycles. The van der Waals surface area contributed by atoms with Crippen molar-refractivity contribution in [2.75, 3.05) is 26.8 Å². The fraction of sp³-hybridized carbons (Fsp3) is 0.400. The molecular formula is C15H21NO2. The molecule has 1 aromatic carbocycles. The van der Waals surface area contributed by atoms with Gasteiger partial charge in [-0.15, -0.1) is 0 Å². The second-order valence-corrected chi connectivity index (χ2v) is 3.98. The maximum atomic E-state index is 11.9. The molecule has 0 heterocycles. The maximum absolute atomic E-state index is 11.9. The minimum atomic E-state index is 0.0114. The van der Waals surface area contributed by atoms with Crippen LogP contribution in [0.1, 0.15) is 29.8 Å². The van der Waals surface area contributed by atoms with Crippen LogP contribution in [-0.2, 0) is 4.74 Å². The predicted octanol–water partition coefficient (Wildman–Crippen LogP) is 2.83. The highest BCUT2D eigenvalue weighted by Gasteiger charge is 2.08. The van der Waals surface area contributed by atoms with Crippen molar-refractivity contribution >= 4 is 11.9 Å². The number of rotatable bonds is 7. The minimum absolute atomic E-state index is 0.0114. The van der Waals surface area contributed by atoms with Gasteiger partial charge in [0, 0.05) is 25.8 Å². The molecule has 0 atom stereocenters. The van der Waals surface area contributed by atoms with E-state index in [-0.39, 0.29) is 12.4 Å². The van der Waals surface area contributed by atoms with Crippen molar-refractivity contribution in [3.63, 3.8) is 0 Å². The van der Waals surface area contributed by atoms with E-state index in [4.69, 9.17) is 4.74 Å². The summed E-state index contributed by atoms with van der Waals surface area (Å²) >= 11 is 0. The van der Waals surface area contributed by atoms with Gasteiger partial charge < -0.3 is 9.64 Å². The maximum Gasteiger partial charge on any atom is 0.189 e. The number of ether oxygens (including phenoxy) is 1. The van der Waals surface area contributed by atoms with Gasteiger partial charge in [0.25, 0.3) is 0 Å². The molecule has 0 spiro atoms. The van der Waals surface area contributed by atoms with Gasteiger partial charge in [0.15, 0.2) is 5.78 Å². The first-order chi connectivity index (χ1) is 8.72. The molecular weight excluding hydrogens is 226 g/mol. The van der Waals surface area contributed by atoms with E-state index < -0.39 is 0 Å². The second kappa shape index (κ2) is 7.67. The molecule has 0 unspecified atom stereocenters. The number of nitrogens with zero attached hydrogens (tertiary/aromatic N) is 1. The molecule has 0 aliphatic rings. The zero-order valence-electron chi connectivity index (χ0n) is 11.3. The van der Waals surface area contributed by atoms with Gasteiger partial charge in [-0.2, -0.15) is 0 Å². The molecule has 0 aromatic heterocycles. The minimum Gasteiger partial charge on any atom is -0.378 e. The lowest BCUT2D eigenvalue weighted by atomic mass is 10.0. The Bertz CT molecular complexity index is 409. The summed E-state index contributed by atoms with van der Waals surface area (Å²) in [7, 11) is 1.53. The van der Waals surface area contributed by atoms with Crippen molar-refractivity contribution in [1.82, 2.24) is 4.90 Å². The monoisotopic (exact) mass is 247 g/mol. The lowest BCUT2D eigenvalue weighted by Crippen LogP contribution is -2.15. The Morgan fingerprint density at radius 1 is 1.28 bits per heavy atom. The first kappa shape index (κ1) is 14.5. The van der Waals surface area contributed by atoms with Crippen LogP contribution < -0.4 is 0 Å². The topological polar surface area (TPSA) is 29.5 Å². The molecule has 1 rings (SSSR count). The number of hydrogen-bond acceptors (Lipinski definition) is 3. The quantitative estimate of drug-likeness (QED) is 0.694. The van der Waals surface area contributed by atoms with Crippen molar-refractivity contribution < 1.29 is 9.53 Å². The van der Waals surface area contributed by atoms with Gasteiger partial charge in [0.05, 0.1) is 0 Å². The van der Waals surface area contributed by atoms with Crippen LogP contribution in [0.4, 0.5) is 0 Å². The Kier molecular flexibility index (Phi) is 6.15. The van der Waals surface area contributed by atoms with E-state index in [9.17, 15) is 4.79 Å². The Morgan fingerprint density at radius 2 is 1.94 bits per heavy atom. The molecule has 0 fully saturated rings. The summed E-state index contributed by atoms with van der Waals surface area (Å²) in [6, 6.07) is 7.59. The third-order valence-electron chi connectivity index (χ3n) is 2.81. The molecule has 1 aromatic rings. The summed E-state index contributed by atoms with van der Waals surface area (Å²) < 4.78 is 4.90. The second-order valence-electron chi connectivity index (χ2n) is 3.98. The number of methoxy groups -OCH3 is 1. The predicted molar refractivity (Wildman–Crippen MR) is 74.6 cm³/mol. The number of hydrogen-bond donors (Lipinski definition) is 0. The lowest BCUT2D eigenvalue weighted by molar-refractivity contribution is 0.0848. The van der Waals surface area contributed by atoms with Gasteiger partial charge in [-0.1, -0.05) is 24.3 Å². The van der Waals surface area contributed by atoms with E-state index in [1.807, 2.05) is 36.5 Å². The molecule has 0 radical (unpaired) electrons. The van der Waals surface area contributed by atoms with Crippen LogP contribution >= 0.6 is 0 Å². The molecule has 98 valence electrons. The molecule has 0 N–H and O–H groups in total. The Morgan fingerprint density at radius 3 is 2.56 bits per heavy atom. The summed E-state index contributed by atoms with van der Waals surface area (Å²) in [4.78, 5) is 14.1. The number of carbonyl (C=O) groups excluding carboxylic acids is 1. The van der Waals surface area contributed by atoms with Crippen molar-refractivity contribution in [1.29, 1.82) is 0 Å². The summed E-state index contributed by atoms with van der Waals surface area (Å²) in [5.74, 6) is 0.0114. The van der Waals surface area contributed by atoms with Gasteiger partial charge in [-0.25, -0.2) is 0 Å². The van der Waals surface area contributed by atoms with Crippen molar-refractivity contribution in [2.45, 2.75) is 13.8 Å². The zero-order valence-corrected chi connectivity index (χ0v) is 11.3. The smallest absolute Gasteiger partial charge is 0.189 e. The first-order valence-electron chi connectivity index (χ1n) is 6.26. The van der Waals surface area contributed by atoms with Gasteiger partial charge in [0.1, 0.15) is 6.61 Å². The fourth-order valence-electron chi connectivity index (χ4n) is 1.73. The lowest BCUT2D eigenvalue weighted by Gasteiger charge is -2.15. The van der Waals surface area contributed by atoms with Crippen LogP contribution in [0.2, 0.25) is 0 Å². The summed E-state index contributed by atoms with van der Waals surface area (Å²) in [5.41, 5.74) is 1.65. The van der Waals surface area contributed by atoms with Crippen LogP contribution in [-0.4, -0.2) is 37.5 Å². The third-order valence-corrected chi connectivity index (χ3v) is 2.81. The normalized spacial score (nSPS) is 10.8. The Balaban J connectivity index is 2.91. The molecule has 0 saturated heterocycles. The molecule has 3 heteroatoms. The van der Waals surface area contributed by atoms with E-state index in [0.717, 1.165) is 18.7 Å². The summed E-state index contributed by atoms with van der Waals surface area (Å²) in [5, 5.41) is 0. The van der Waals surface area contributed by atoms with E-state index in [0.29, 0.717) is 5.56 Å². The third kappa shape index (κ3) is 4.00. The highest BCUT2D eigenvalue weighted by molar-refractivity contribution is 6.00. The molecule has 0 amide bonds. The van der Waals surface area contributed by atoms with Crippen LogP contribution in [0.25, 0.3) is 6.08 Å². The largest absolute Gasteiger partial charge is 0.378 e. The summed E-state index contributed by atoms with van der Waals surface area (Å²) in [6.07, 6.45) is 4.01. The van der Waals surface area contributed by atoms with E-state index in [1.54, 1.807) is 0 Å². The van der Waals surface area contributed by atoms with Crippen LogP contribution in [0.3, 0.4) is 0 Å². The van der Waals surface area contributed by atoms with Gasteiger partial charge in [-0.3, -0.25) is 4.79 Å². The number of ketones is 1. The van der Waals surface area contributed by atoms with Crippen molar-refractivity contribution in [2.24, 2.45) is 0 Å². The van der Waals surface area contributed by atoms with E-state index >= 15 is 0 Å². The highest BCUT2D eigenvalue weighted by Crippen LogP contribution is 2.12. The first-order valence-corrected chi connectivity index (χ1v) is 6.26. The standard InChI is InChI=1S/C15H21NO2/c1-4-16(5-2)11-10-13-8-6-7-9-14(13)15(17)12-18-3/h6-11H,4-5,12H2,1-3H3. The SMILES string of the molecule is CCN(C=Cc1ccccc1C(=O)COC)CC. The average Bonchev–Trinajstić information content (AvgIpc) is 2.40. The number of benzene rings is 1. The summed E-state index contributed by atoms with van der Waals surface area (Å²) in [6.45, 7) is 6.25. The van der Waals surface area contributed by atoms with Crippen LogP contribution in [0.5, 0.6) is 0 Å². The van der Waals surface area contributed by atoms with Crippen molar-refractivity contribution in [3.8, 4) is 0 Å². The molecule has 18 heavy (non-hydrogen) atoms. The Labute approximate surface area is 109 Å². The highest BCUT2D eigenvalue weighted by atomic mass is 16.5. The van der Waals surface area contributed by atoms with Crippen LogP contribution in [0, 0.1) is 0 Å². The van der Waals surface area contributed by atoms with E-state index in [2.05, 4.69) is 18.7 Å². The molecule has 0 bridgehead atoms. The average molecular weight is 247 g/mol.